The molecule has 0 aliphatic rings. The van der Waals surface area contributed by atoms with Crippen LogP contribution in [-0.2, 0) is 11.3 Å². The molecule has 0 spiro atoms. The van der Waals surface area contributed by atoms with Gasteiger partial charge in [-0.1, -0.05) is 49.4 Å². The van der Waals surface area contributed by atoms with Gasteiger partial charge in [0.2, 0.25) is 0 Å². The zero-order chi connectivity index (χ0) is 12.1. The van der Waals surface area contributed by atoms with Crippen LogP contribution in [0.3, 0.4) is 0 Å². The van der Waals surface area contributed by atoms with Crippen LogP contribution in [0.15, 0.2) is 42.5 Å². The van der Waals surface area contributed by atoms with E-state index in [4.69, 9.17) is 10.5 Å². The van der Waals surface area contributed by atoms with Gasteiger partial charge in [0.1, 0.15) is 0 Å². The molecule has 2 nitrogen and oxygen atoms in total. The van der Waals surface area contributed by atoms with Crippen LogP contribution in [0.1, 0.15) is 18.9 Å². The van der Waals surface area contributed by atoms with Crippen molar-refractivity contribution in [2.75, 3.05) is 6.61 Å². The Morgan fingerprint density at radius 2 is 1.88 bits per heavy atom. The van der Waals surface area contributed by atoms with Gasteiger partial charge in [-0.2, -0.15) is 0 Å². The van der Waals surface area contributed by atoms with Crippen molar-refractivity contribution in [3.63, 3.8) is 0 Å². The summed E-state index contributed by atoms with van der Waals surface area (Å²) in [6.45, 7) is 3.33. The Bertz CT molecular complexity index is 476. The summed E-state index contributed by atoms with van der Waals surface area (Å²) in [6.07, 6.45) is 0.954. The zero-order valence-corrected chi connectivity index (χ0v) is 10.2. The number of nitrogens with two attached hydrogens (primary N) is 1. The molecule has 1 atom stereocenters. The first-order chi connectivity index (χ1) is 8.31. The molecule has 2 rings (SSSR count). The summed E-state index contributed by atoms with van der Waals surface area (Å²) in [6, 6.07) is 14.8. The van der Waals surface area contributed by atoms with Gasteiger partial charge in [0, 0.05) is 6.04 Å². The molecule has 0 aliphatic carbocycles. The second kappa shape index (κ2) is 5.80. The van der Waals surface area contributed by atoms with E-state index < -0.39 is 0 Å². The minimum Gasteiger partial charge on any atom is -0.375 e. The fourth-order valence-electron chi connectivity index (χ4n) is 1.86. The van der Waals surface area contributed by atoms with Crippen LogP contribution in [0.2, 0.25) is 0 Å². The standard InChI is InChI=1S/C15H19NO/c1-2-14(16)11-17-10-13-8-5-7-12-6-3-4-9-15(12)13/h3-9,14H,2,10-11,16H2,1H3. The lowest BCUT2D eigenvalue weighted by molar-refractivity contribution is 0.108. The molecule has 1 unspecified atom stereocenters. The Labute approximate surface area is 102 Å². The smallest absolute Gasteiger partial charge is 0.0723 e. The molecule has 0 fully saturated rings. The predicted molar refractivity (Wildman–Crippen MR) is 71.9 cm³/mol. The maximum atomic E-state index is 5.82. The van der Waals surface area contributed by atoms with Crippen LogP contribution < -0.4 is 5.73 Å². The van der Waals surface area contributed by atoms with E-state index in [0.717, 1.165) is 6.42 Å². The summed E-state index contributed by atoms with van der Waals surface area (Å²) in [7, 11) is 0. The lowest BCUT2D eigenvalue weighted by atomic mass is 10.1. The first-order valence-electron chi connectivity index (χ1n) is 6.11. The van der Waals surface area contributed by atoms with Crippen LogP contribution in [-0.4, -0.2) is 12.6 Å². The van der Waals surface area contributed by atoms with Crippen LogP contribution >= 0.6 is 0 Å². The average molecular weight is 229 g/mol. The third-order valence-electron chi connectivity index (χ3n) is 2.99. The van der Waals surface area contributed by atoms with E-state index in [1.165, 1.54) is 16.3 Å². The second-order valence-electron chi connectivity index (χ2n) is 4.32. The van der Waals surface area contributed by atoms with Gasteiger partial charge in [-0.05, 0) is 22.8 Å². The van der Waals surface area contributed by atoms with Gasteiger partial charge in [-0.3, -0.25) is 0 Å². The highest BCUT2D eigenvalue weighted by Crippen LogP contribution is 2.19. The molecule has 0 radical (unpaired) electrons. The highest BCUT2D eigenvalue weighted by Gasteiger charge is 2.02. The molecule has 0 saturated heterocycles. The Morgan fingerprint density at radius 1 is 1.12 bits per heavy atom. The third-order valence-corrected chi connectivity index (χ3v) is 2.99. The topological polar surface area (TPSA) is 35.2 Å². The number of fused-ring (bicyclic) bond motifs is 1. The summed E-state index contributed by atoms with van der Waals surface area (Å²) in [5.74, 6) is 0. The van der Waals surface area contributed by atoms with Gasteiger partial charge in [0.25, 0.3) is 0 Å². The first-order valence-corrected chi connectivity index (χ1v) is 6.11. The molecule has 0 aromatic heterocycles. The molecule has 90 valence electrons. The van der Waals surface area contributed by atoms with Crippen molar-refractivity contribution in [2.45, 2.75) is 26.0 Å². The van der Waals surface area contributed by atoms with E-state index >= 15 is 0 Å². The fourth-order valence-corrected chi connectivity index (χ4v) is 1.86. The molecular formula is C15H19NO. The average Bonchev–Trinajstić information content (AvgIpc) is 2.39. The van der Waals surface area contributed by atoms with E-state index in [-0.39, 0.29) is 6.04 Å². The van der Waals surface area contributed by atoms with Gasteiger partial charge in [-0.15, -0.1) is 0 Å². The molecule has 0 heterocycles. The minimum atomic E-state index is 0.143. The largest absolute Gasteiger partial charge is 0.375 e. The fraction of sp³-hybridized carbons (Fsp3) is 0.333. The molecule has 17 heavy (non-hydrogen) atoms. The van der Waals surface area contributed by atoms with Crippen molar-refractivity contribution >= 4 is 10.8 Å². The number of benzene rings is 2. The van der Waals surface area contributed by atoms with Gasteiger partial charge < -0.3 is 10.5 Å². The normalized spacial score (nSPS) is 12.8. The second-order valence-corrected chi connectivity index (χ2v) is 4.32. The van der Waals surface area contributed by atoms with E-state index in [1.54, 1.807) is 0 Å². The van der Waals surface area contributed by atoms with Crippen molar-refractivity contribution in [1.82, 2.24) is 0 Å². The van der Waals surface area contributed by atoms with Crippen molar-refractivity contribution in [2.24, 2.45) is 5.73 Å². The van der Waals surface area contributed by atoms with Gasteiger partial charge in [0.15, 0.2) is 0 Å². The molecule has 2 N–H and O–H groups in total. The van der Waals surface area contributed by atoms with Gasteiger partial charge in [-0.25, -0.2) is 0 Å². The minimum absolute atomic E-state index is 0.143. The Hall–Kier alpha value is -1.38. The monoisotopic (exact) mass is 229 g/mol. The van der Waals surface area contributed by atoms with Gasteiger partial charge >= 0.3 is 0 Å². The number of hydrogen-bond donors (Lipinski definition) is 1. The molecule has 0 aliphatic heterocycles. The molecule has 0 saturated carbocycles. The molecule has 0 bridgehead atoms. The van der Waals surface area contributed by atoms with E-state index in [9.17, 15) is 0 Å². The summed E-state index contributed by atoms with van der Waals surface area (Å²) >= 11 is 0. The Balaban J connectivity index is 2.08. The highest BCUT2D eigenvalue weighted by atomic mass is 16.5. The summed E-state index contributed by atoms with van der Waals surface area (Å²) < 4.78 is 5.66. The lowest BCUT2D eigenvalue weighted by Crippen LogP contribution is -2.24. The van der Waals surface area contributed by atoms with Crippen LogP contribution in [0, 0.1) is 0 Å². The number of hydrogen-bond acceptors (Lipinski definition) is 2. The molecular weight excluding hydrogens is 210 g/mol. The Kier molecular flexibility index (Phi) is 4.13. The van der Waals surface area contributed by atoms with Crippen molar-refractivity contribution < 1.29 is 4.74 Å². The van der Waals surface area contributed by atoms with Crippen LogP contribution in [0.5, 0.6) is 0 Å². The zero-order valence-electron chi connectivity index (χ0n) is 10.2. The Morgan fingerprint density at radius 3 is 2.71 bits per heavy atom. The summed E-state index contributed by atoms with van der Waals surface area (Å²) in [4.78, 5) is 0. The maximum Gasteiger partial charge on any atom is 0.0723 e. The number of ether oxygens (including phenoxy) is 1. The van der Waals surface area contributed by atoms with Crippen LogP contribution in [0.25, 0.3) is 10.8 Å². The quantitative estimate of drug-likeness (QED) is 0.855. The van der Waals surface area contributed by atoms with E-state index in [0.29, 0.717) is 13.2 Å². The third kappa shape index (κ3) is 3.05. The molecule has 2 aromatic rings. The van der Waals surface area contributed by atoms with Crippen LogP contribution in [0.4, 0.5) is 0 Å². The predicted octanol–water partition coefficient (Wildman–Crippen LogP) is 3.09. The summed E-state index contributed by atoms with van der Waals surface area (Å²) in [5, 5.41) is 2.52. The van der Waals surface area contributed by atoms with Crippen molar-refractivity contribution in [3.8, 4) is 0 Å². The lowest BCUT2D eigenvalue weighted by Gasteiger charge is -2.11. The maximum absolute atomic E-state index is 5.82. The molecule has 0 amide bonds. The highest BCUT2D eigenvalue weighted by molar-refractivity contribution is 5.85. The van der Waals surface area contributed by atoms with Gasteiger partial charge in [0.05, 0.1) is 13.2 Å². The van der Waals surface area contributed by atoms with Crippen molar-refractivity contribution in [3.05, 3.63) is 48.0 Å². The SMILES string of the molecule is CCC(N)COCc1cccc2ccccc12. The van der Waals surface area contributed by atoms with Crippen molar-refractivity contribution in [1.29, 1.82) is 0 Å². The summed E-state index contributed by atoms with van der Waals surface area (Å²) in [5.41, 5.74) is 7.05. The first kappa shape index (κ1) is 12.1. The van der Waals surface area contributed by atoms with E-state index in [1.807, 2.05) is 0 Å². The molecule has 2 heteroatoms. The molecule has 2 aromatic carbocycles. The number of rotatable bonds is 5. The van der Waals surface area contributed by atoms with E-state index in [2.05, 4.69) is 49.4 Å².